The zero-order valence-electron chi connectivity index (χ0n) is 8.98. The van der Waals surface area contributed by atoms with E-state index >= 15 is 0 Å². The first-order valence-corrected chi connectivity index (χ1v) is 6.95. The Balaban J connectivity index is 1.75. The summed E-state index contributed by atoms with van der Waals surface area (Å²) in [5.41, 5.74) is 0.453. The number of rotatable bonds is 4. The molecule has 1 aromatic heterocycles. The van der Waals surface area contributed by atoms with E-state index in [1.165, 1.54) is 21.6 Å². The normalized spacial score (nSPS) is 26.0. The lowest BCUT2D eigenvalue weighted by Gasteiger charge is -2.22. The molecule has 4 heteroatoms. The zero-order valence-corrected chi connectivity index (χ0v) is 11.4. The van der Waals surface area contributed by atoms with Gasteiger partial charge in [0.2, 0.25) is 0 Å². The topological polar surface area (TPSA) is 24.1 Å². The van der Waals surface area contributed by atoms with E-state index in [1.54, 1.807) is 0 Å². The number of thiophene rings is 1. The third-order valence-corrected chi connectivity index (χ3v) is 4.56. The Bertz CT molecular complexity index is 318. The lowest BCUT2D eigenvalue weighted by Crippen LogP contribution is -2.33. The van der Waals surface area contributed by atoms with Gasteiger partial charge in [-0.25, -0.2) is 0 Å². The summed E-state index contributed by atoms with van der Waals surface area (Å²) >= 11 is 5.29. The largest absolute Gasteiger partial charge is 0.316 e. The standard InChI is InChI=1S/C11H17BrN2S/c1-11(4-5-13-7-11)8-14-6-9-2-3-10(12)15-9/h2-3,13-14H,4-8H2,1H3. The van der Waals surface area contributed by atoms with Gasteiger partial charge in [0.15, 0.2) is 0 Å². The van der Waals surface area contributed by atoms with Gasteiger partial charge in [-0.05, 0) is 46.4 Å². The fraction of sp³-hybridized carbons (Fsp3) is 0.636. The van der Waals surface area contributed by atoms with Crippen molar-refractivity contribution in [3.8, 4) is 0 Å². The van der Waals surface area contributed by atoms with Crippen LogP contribution in [0.3, 0.4) is 0 Å². The predicted octanol–water partition coefficient (Wildman–Crippen LogP) is 2.60. The summed E-state index contributed by atoms with van der Waals surface area (Å²) in [5.74, 6) is 0. The SMILES string of the molecule is CC1(CNCc2ccc(Br)s2)CCNC1. The second-order valence-corrected chi connectivity index (χ2v) is 7.09. The van der Waals surface area contributed by atoms with E-state index < -0.39 is 0 Å². The van der Waals surface area contributed by atoms with Crippen molar-refractivity contribution < 1.29 is 0 Å². The molecule has 0 spiro atoms. The van der Waals surface area contributed by atoms with Gasteiger partial charge < -0.3 is 10.6 Å². The Morgan fingerprint density at radius 2 is 2.47 bits per heavy atom. The van der Waals surface area contributed by atoms with Crippen molar-refractivity contribution >= 4 is 27.3 Å². The minimum absolute atomic E-state index is 0.453. The summed E-state index contributed by atoms with van der Waals surface area (Å²) in [7, 11) is 0. The Hall–Kier alpha value is 0.1000. The molecule has 2 N–H and O–H groups in total. The van der Waals surface area contributed by atoms with E-state index in [2.05, 4.69) is 45.6 Å². The van der Waals surface area contributed by atoms with E-state index in [0.29, 0.717) is 5.41 Å². The van der Waals surface area contributed by atoms with Crippen molar-refractivity contribution in [3.05, 3.63) is 20.8 Å². The van der Waals surface area contributed by atoms with Crippen LogP contribution in [0.1, 0.15) is 18.2 Å². The maximum Gasteiger partial charge on any atom is 0.0701 e. The highest BCUT2D eigenvalue weighted by atomic mass is 79.9. The number of nitrogens with one attached hydrogen (secondary N) is 2. The predicted molar refractivity (Wildman–Crippen MR) is 69.3 cm³/mol. The van der Waals surface area contributed by atoms with Crippen LogP contribution in [0, 0.1) is 5.41 Å². The molecule has 0 radical (unpaired) electrons. The first kappa shape index (κ1) is 11.6. The van der Waals surface area contributed by atoms with Crippen LogP contribution in [0.2, 0.25) is 0 Å². The van der Waals surface area contributed by atoms with Crippen LogP contribution in [0.15, 0.2) is 15.9 Å². The van der Waals surface area contributed by atoms with E-state index in [0.717, 1.165) is 19.6 Å². The maximum atomic E-state index is 3.55. The smallest absolute Gasteiger partial charge is 0.0701 e. The third kappa shape index (κ3) is 3.28. The molecule has 2 nitrogen and oxygen atoms in total. The molecule has 2 rings (SSSR count). The monoisotopic (exact) mass is 288 g/mol. The quantitative estimate of drug-likeness (QED) is 0.890. The van der Waals surface area contributed by atoms with Crippen molar-refractivity contribution in [3.63, 3.8) is 0 Å². The van der Waals surface area contributed by atoms with Crippen molar-refractivity contribution in [1.29, 1.82) is 0 Å². The van der Waals surface area contributed by atoms with Crippen molar-refractivity contribution in [2.24, 2.45) is 5.41 Å². The molecule has 0 aromatic carbocycles. The van der Waals surface area contributed by atoms with Gasteiger partial charge in [0, 0.05) is 24.5 Å². The molecule has 1 atom stereocenters. The van der Waals surface area contributed by atoms with Crippen molar-refractivity contribution in [1.82, 2.24) is 10.6 Å². The van der Waals surface area contributed by atoms with Gasteiger partial charge in [0.25, 0.3) is 0 Å². The average molecular weight is 289 g/mol. The molecule has 15 heavy (non-hydrogen) atoms. The van der Waals surface area contributed by atoms with Crippen LogP contribution in [-0.2, 0) is 6.54 Å². The highest BCUT2D eigenvalue weighted by Gasteiger charge is 2.27. The van der Waals surface area contributed by atoms with E-state index in [1.807, 2.05) is 11.3 Å². The van der Waals surface area contributed by atoms with E-state index in [-0.39, 0.29) is 0 Å². The highest BCUT2D eigenvalue weighted by Crippen LogP contribution is 2.24. The zero-order chi connectivity index (χ0) is 10.7. The molecule has 2 heterocycles. The number of halogens is 1. The summed E-state index contributed by atoms with van der Waals surface area (Å²) in [5, 5.41) is 6.97. The molecule has 1 aliphatic rings. The van der Waals surface area contributed by atoms with Crippen LogP contribution in [0.4, 0.5) is 0 Å². The molecule has 1 saturated heterocycles. The molecular weight excluding hydrogens is 272 g/mol. The summed E-state index contributed by atoms with van der Waals surface area (Å²) < 4.78 is 1.22. The molecule has 0 aliphatic carbocycles. The van der Waals surface area contributed by atoms with Gasteiger partial charge in [-0.15, -0.1) is 11.3 Å². The minimum Gasteiger partial charge on any atom is -0.316 e. The van der Waals surface area contributed by atoms with Gasteiger partial charge in [0.05, 0.1) is 3.79 Å². The van der Waals surface area contributed by atoms with Gasteiger partial charge in [0.1, 0.15) is 0 Å². The Kier molecular flexibility index (Phi) is 3.83. The van der Waals surface area contributed by atoms with Crippen LogP contribution in [0.5, 0.6) is 0 Å². The molecule has 0 saturated carbocycles. The lowest BCUT2D eigenvalue weighted by atomic mass is 9.90. The van der Waals surface area contributed by atoms with Gasteiger partial charge in [-0.3, -0.25) is 0 Å². The maximum absolute atomic E-state index is 3.55. The second-order valence-electron chi connectivity index (χ2n) is 4.55. The molecule has 0 bridgehead atoms. The first-order chi connectivity index (χ1) is 7.18. The van der Waals surface area contributed by atoms with Gasteiger partial charge >= 0.3 is 0 Å². The summed E-state index contributed by atoms with van der Waals surface area (Å²) in [6, 6.07) is 4.29. The van der Waals surface area contributed by atoms with Crippen molar-refractivity contribution in [2.45, 2.75) is 19.9 Å². The summed E-state index contributed by atoms with van der Waals surface area (Å²) in [6.45, 7) is 6.77. The van der Waals surface area contributed by atoms with E-state index in [9.17, 15) is 0 Å². The molecule has 1 unspecified atom stereocenters. The summed E-state index contributed by atoms with van der Waals surface area (Å²) in [4.78, 5) is 1.40. The Morgan fingerprint density at radius 1 is 1.60 bits per heavy atom. The average Bonchev–Trinajstić information content (AvgIpc) is 2.76. The minimum atomic E-state index is 0.453. The first-order valence-electron chi connectivity index (χ1n) is 5.34. The fourth-order valence-corrected chi connectivity index (χ4v) is 3.41. The Labute approximate surface area is 104 Å². The molecule has 1 fully saturated rings. The lowest BCUT2D eigenvalue weighted by molar-refractivity contribution is 0.340. The molecule has 0 amide bonds. The van der Waals surface area contributed by atoms with Gasteiger partial charge in [-0.1, -0.05) is 6.92 Å². The fourth-order valence-electron chi connectivity index (χ4n) is 1.95. The third-order valence-electron chi connectivity index (χ3n) is 2.94. The second kappa shape index (κ2) is 4.95. The van der Waals surface area contributed by atoms with Crippen LogP contribution < -0.4 is 10.6 Å². The molecule has 1 aliphatic heterocycles. The number of hydrogen-bond acceptors (Lipinski definition) is 3. The Morgan fingerprint density at radius 3 is 3.07 bits per heavy atom. The molecule has 1 aromatic rings. The number of hydrogen-bond donors (Lipinski definition) is 2. The van der Waals surface area contributed by atoms with Crippen molar-refractivity contribution in [2.75, 3.05) is 19.6 Å². The molecular formula is C11H17BrN2S. The van der Waals surface area contributed by atoms with Crippen LogP contribution in [-0.4, -0.2) is 19.6 Å². The van der Waals surface area contributed by atoms with Crippen LogP contribution >= 0.6 is 27.3 Å². The van der Waals surface area contributed by atoms with E-state index in [4.69, 9.17) is 0 Å². The van der Waals surface area contributed by atoms with Crippen LogP contribution in [0.25, 0.3) is 0 Å². The molecule has 84 valence electrons. The highest BCUT2D eigenvalue weighted by molar-refractivity contribution is 9.11. The summed E-state index contributed by atoms with van der Waals surface area (Å²) in [6.07, 6.45) is 1.29. The van der Waals surface area contributed by atoms with Gasteiger partial charge in [-0.2, -0.15) is 0 Å².